The third kappa shape index (κ3) is 11.6. The predicted molar refractivity (Wildman–Crippen MR) is 294 cm³/mol. The maximum atomic E-state index is 14.6. The van der Waals surface area contributed by atoms with E-state index in [1.54, 1.807) is 61.3 Å². The molecule has 18 heteroatoms. The Morgan fingerprint density at radius 1 is 0.645 bits per heavy atom. The number of thioether (sulfide) groups is 2. The smallest absolute Gasteiger partial charge is 0.246 e. The number of hydrogen-bond acceptors (Lipinski definition) is 12. The number of amides is 6. The van der Waals surface area contributed by atoms with Crippen LogP contribution in [0.1, 0.15) is 113 Å². The van der Waals surface area contributed by atoms with E-state index in [0.29, 0.717) is 56.6 Å². The van der Waals surface area contributed by atoms with Gasteiger partial charge in [-0.15, -0.1) is 23.5 Å². The monoisotopic (exact) mass is 1070 g/mol. The van der Waals surface area contributed by atoms with Gasteiger partial charge in [-0.2, -0.15) is 0 Å². The van der Waals surface area contributed by atoms with E-state index in [1.807, 2.05) is 88.4 Å². The molecule has 2 aliphatic carbocycles. The molecule has 4 saturated heterocycles. The highest BCUT2D eigenvalue weighted by molar-refractivity contribution is 8.00. The molecule has 0 bridgehead atoms. The molecule has 3 aromatic rings. The molecular weight excluding hydrogens is 1000 g/mol. The fraction of sp³-hybridized carbons (Fsp3) is 0.552. The van der Waals surface area contributed by atoms with Crippen molar-refractivity contribution in [3.63, 3.8) is 0 Å². The molecule has 3 aromatic carbocycles. The zero-order chi connectivity index (χ0) is 54.1. The minimum atomic E-state index is -0.742. The molecule has 406 valence electrons. The van der Waals surface area contributed by atoms with Crippen LogP contribution < -0.4 is 31.9 Å². The number of hydrogen-bond donors (Lipinski definition) is 6. The summed E-state index contributed by atoms with van der Waals surface area (Å²) in [7, 11) is 3.41. The number of carbonyl (C=O) groups excluding carboxylic acids is 6. The fourth-order valence-electron chi connectivity index (χ4n) is 12.0. The van der Waals surface area contributed by atoms with Gasteiger partial charge < -0.3 is 51.2 Å². The lowest BCUT2D eigenvalue weighted by Gasteiger charge is -2.35. The summed E-state index contributed by atoms with van der Waals surface area (Å²) in [5, 5.41) is 18.1. The summed E-state index contributed by atoms with van der Waals surface area (Å²) in [5.41, 5.74) is 4.88. The van der Waals surface area contributed by atoms with Gasteiger partial charge in [-0.1, -0.05) is 100 Å². The summed E-state index contributed by atoms with van der Waals surface area (Å²) in [6.07, 6.45) is 2.77. The standard InChI is InChI=1S/C58H74N8O8S2/c1-33(59-7)51(67)61-41-23-26-75-45-30-57(3,4)49(65(45)55(41)71)53(69)63-47-39-17-11-9-15-37(39)28-43(47)73-25-13-14-35-19-21-36(22-20-35)32-74-44-29-38-16-10-12-18-40(38)48(44)64-54(70)50-58(5,6)31-46-66(50)56(72)42(24-27-76-46)62-52(68)34(2)60-8/h9-12,15-22,33-34,41-50,59-60H,23-32H2,1-8H3,(H,61,67)(H,62,68)(H,63,69)(H,64,70)/t33-,34-,41-,42-,43+,44+,45-,46-,47-,48-,49+,50+/m0/s1. The molecule has 0 spiro atoms. The zero-order valence-corrected chi connectivity index (χ0v) is 46.5. The van der Waals surface area contributed by atoms with Gasteiger partial charge in [0.15, 0.2) is 0 Å². The van der Waals surface area contributed by atoms with Crippen molar-refractivity contribution in [1.29, 1.82) is 0 Å². The first-order valence-corrected chi connectivity index (χ1v) is 28.9. The molecule has 16 nitrogen and oxygen atoms in total. The average Bonchev–Trinajstić information content (AvgIpc) is 4.13. The molecule has 0 saturated carbocycles. The van der Waals surface area contributed by atoms with E-state index in [-0.39, 0.29) is 65.0 Å². The molecule has 4 aliphatic heterocycles. The highest BCUT2D eigenvalue weighted by atomic mass is 32.2. The van der Waals surface area contributed by atoms with Gasteiger partial charge in [0.05, 0.1) is 53.7 Å². The second-order valence-corrected chi connectivity index (χ2v) is 25.1. The van der Waals surface area contributed by atoms with Crippen LogP contribution in [0.3, 0.4) is 0 Å². The number of fused-ring (bicyclic) bond motifs is 4. The molecule has 9 rings (SSSR count). The molecule has 76 heavy (non-hydrogen) atoms. The summed E-state index contributed by atoms with van der Waals surface area (Å²) in [6, 6.07) is 19.2. The third-order valence-electron chi connectivity index (χ3n) is 16.4. The molecule has 6 aliphatic rings. The Morgan fingerprint density at radius 2 is 1.09 bits per heavy atom. The van der Waals surface area contributed by atoms with E-state index in [4.69, 9.17) is 9.47 Å². The Morgan fingerprint density at radius 3 is 1.55 bits per heavy atom. The number of ether oxygens (including phenoxy) is 2. The highest BCUT2D eigenvalue weighted by Gasteiger charge is 2.57. The molecule has 0 unspecified atom stereocenters. The van der Waals surface area contributed by atoms with E-state index in [9.17, 15) is 28.8 Å². The lowest BCUT2D eigenvalue weighted by molar-refractivity contribution is -0.144. The van der Waals surface area contributed by atoms with Crippen LogP contribution in [0.4, 0.5) is 0 Å². The summed E-state index contributed by atoms with van der Waals surface area (Å²) in [5.74, 6) is 6.37. The van der Waals surface area contributed by atoms with Gasteiger partial charge in [-0.05, 0) is 116 Å². The lowest BCUT2D eigenvalue weighted by Crippen LogP contribution is -2.58. The molecule has 0 radical (unpaired) electrons. The van der Waals surface area contributed by atoms with E-state index in [1.165, 1.54) is 0 Å². The van der Waals surface area contributed by atoms with Gasteiger partial charge in [0.25, 0.3) is 0 Å². The number of likely N-dealkylation sites (N-methyl/N-ethyl adjacent to an activating group) is 2. The first-order valence-electron chi connectivity index (χ1n) is 26.8. The first kappa shape index (κ1) is 55.3. The van der Waals surface area contributed by atoms with Gasteiger partial charge in [0.2, 0.25) is 35.4 Å². The van der Waals surface area contributed by atoms with Crippen LogP contribution in [0.2, 0.25) is 0 Å². The van der Waals surface area contributed by atoms with Crippen molar-refractivity contribution in [2.75, 3.05) is 32.2 Å². The first-order chi connectivity index (χ1) is 36.4. The summed E-state index contributed by atoms with van der Waals surface area (Å²) < 4.78 is 13.1. The Hall–Kier alpha value is -5.42. The maximum absolute atomic E-state index is 14.6. The van der Waals surface area contributed by atoms with E-state index < -0.39 is 59.2 Å². The largest absolute Gasteiger partial charge is 0.371 e. The summed E-state index contributed by atoms with van der Waals surface area (Å²) in [6.45, 7) is 12.1. The van der Waals surface area contributed by atoms with E-state index in [0.717, 1.165) is 33.4 Å². The summed E-state index contributed by atoms with van der Waals surface area (Å²) in [4.78, 5) is 86.9. The van der Waals surface area contributed by atoms with Crippen molar-refractivity contribution in [3.8, 4) is 11.8 Å². The quantitative estimate of drug-likeness (QED) is 0.117. The number of nitrogens with zero attached hydrogens (tertiary/aromatic N) is 2. The average molecular weight is 1080 g/mol. The molecule has 4 fully saturated rings. The zero-order valence-electron chi connectivity index (χ0n) is 44.9. The van der Waals surface area contributed by atoms with Crippen molar-refractivity contribution in [2.24, 2.45) is 10.8 Å². The van der Waals surface area contributed by atoms with Gasteiger partial charge in [-0.3, -0.25) is 28.8 Å². The molecule has 6 N–H and O–H groups in total. The Labute approximate surface area is 455 Å². The molecule has 6 amide bonds. The van der Waals surface area contributed by atoms with Crippen molar-refractivity contribution in [2.45, 2.75) is 158 Å². The fourth-order valence-corrected chi connectivity index (χ4v) is 15.1. The Balaban J connectivity index is 0.821. The number of carbonyl (C=O) groups is 6. The SMILES string of the molecule is CN[C@@H](C)C(=O)N[C@H]1CCS[C@H]2CC(C)(C)[C@@H](C(=O)N[C@H]3c4ccccc4C[C@H]3OCC#Cc3ccc(CO[C@@H]4Cc5ccccc5[C@@H]4NC(=O)[C@H]4N5C(=O)[C@@H](NC(=O)[C@H](C)NC)CCS[C@H]5CC4(C)C)cc3)N2C1=O. The predicted octanol–water partition coefficient (Wildman–Crippen LogP) is 4.50. The Bertz CT molecular complexity index is 2750. The van der Waals surface area contributed by atoms with Crippen LogP contribution in [-0.4, -0.2) is 137 Å². The molecule has 12 atom stereocenters. The van der Waals surface area contributed by atoms with E-state index >= 15 is 0 Å². The van der Waals surface area contributed by atoms with E-state index in [2.05, 4.69) is 55.9 Å². The van der Waals surface area contributed by atoms with Crippen LogP contribution in [0.25, 0.3) is 0 Å². The van der Waals surface area contributed by atoms with Gasteiger partial charge >= 0.3 is 0 Å². The second-order valence-electron chi connectivity index (χ2n) is 22.5. The summed E-state index contributed by atoms with van der Waals surface area (Å²) >= 11 is 3.34. The minimum absolute atomic E-state index is 0.131. The third-order valence-corrected chi connectivity index (χ3v) is 18.9. The number of nitrogens with one attached hydrogen (secondary N) is 6. The lowest BCUT2D eigenvalue weighted by atomic mass is 9.83. The molecule has 0 aromatic heterocycles. The van der Waals surface area contributed by atoms with Crippen molar-refractivity contribution >= 4 is 59.0 Å². The van der Waals surface area contributed by atoms with Gasteiger partial charge in [0.1, 0.15) is 30.8 Å². The maximum Gasteiger partial charge on any atom is 0.246 e. The molecular formula is C58H74N8O8S2. The van der Waals surface area contributed by atoms with Crippen molar-refractivity contribution in [1.82, 2.24) is 41.7 Å². The van der Waals surface area contributed by atoms with Gasteiger partial charge in [0, 0.05) is 18.4 Å². The topological polar surface area (TPSA) is 200 Å². The highest BCUT2D eigenvalue weighted by Crippen LogP contribution is 2.48. The van der Waals surface area contributed by atoms with Crippen LogP contribution >= 0.6 is 23.5 Å². The Kier molecular flexibility index (Phi) is 16.9. The second kappa shape index (κ2) is 23.3. The van der Waals surface area contributed by atoms with Crippen molar-refractivity contribution < 1.29 is 38.2 Å². The van der Waals surface area contributed by atoms with Crippen LogP contribution in [-0.2, 0) is 57.7 Å². The normalized spacial score (nSPS) is 28.8. The number of benzene rings is 3. The van der Waals surface area contributed by atoms with Crippen LogP contribution in [0, 0.1) is 22.7 Å². The van der Waals surface area contributed by atoms with Crippen LogP contribution in [0.5, 0.6) is 0 Å². The number of rotatable bonds is 15. The van der Waals surface area contributed by atoms with Gasteiger partial charge in [-0.25, -0.2) is 0 Å². The van der Waals surface area contributed by atoms with Crippen LogP contribution in [0.15, 0.2) is 72.8 Å². The minimum Gasteiger partial charge on any atom is -0.371 e. The molecule has 4 heterocycles. The van der Waals surface area contributed by atoms with Crippen molar-refractivity contribution in [3.05, 3.63) is 106 Å².